The summed E-state index contributed by atoms with van der Waals surface area (Å²) < 4.78 is 5.61. The number of carbonyl (C=O) groups is 2. The standard InChI is InChI=1S/C22H29N3O3/c1-5-21(26)25-20-12-18(9-6-16(20)4)23-14-22(27)24-13-17-7-10-19(11-8-17)28-15(2)3/h6-12,15,23H,5,13-14H2,1-4H3,(H,24,27)(H,25,26). The molecule has 0 unspecified atom stereocenters. The summed E-state index contributed by atoms with van der Waals surface area (Å²) >= 11 is 0. The smallest absolute Gasteiger partial charge is 0.239 e. The highest BCUT2D eigenvalue weighted by Gasteiger charge is 2.06. The van der Waals surface area contributed by atoms with Crippen LogP contribution in [0.4, 0.5) is 11.4 Å². The summed E-state index contributed by atoms with van der Waals surface area (Å²) in [7, 11) is 0. The Morgan fingerprint density at radius 1 is 1.04 bits per heavy atom. The van der Waals surface area contributed by atoms with Crippen LogP contribution in [-0.4, -0.2) is 24.5 Å². The molecular weight excluding hydrogens is 354 g/mol. The van der Waals surface area contributed by atoms with Gasteiger partial charge in [0.05, 0.1) is 12.6 Å². The second-order valence-electron chi connectivity index (χ2n) is 6.87. The molecule has 0 spiro atoms. The highest BCUT2D eigenvalue weighted by Crippen LogP contribution is 2.20. The first-order valence-corrected chi connectivity index (χ1v) is 9.54. The van der Waals surface area contributed by atoms with Crippen LogP contribution in [0.2, 0.25) is 0 Å². The number of hydrogen-bond donors (Lipinski definition) is 3. The number of amides is 2. The van der Waals surface area contributed by atoms with Gasteiger partial charge in [-0.15, -0.1) is 0 Å². The first kappa shape index (κ1) is 21.3. The fourth-order valence-electron chi connectivity index (χ4n) is 2.51. The number of aryl methyl sites for hydroxylation is 1. The van der Waals surface area contributed by atoms with Crippen molar-refractivity contribution in [2.75, 3.05) is 17.2 Å². The van der Waals surface area contributed by atoms with Gasteiger partial charge in [-0.25, -0.2) is 0 Å². The molecule has 0 heterocycles. The van der Waals surface area contributed by atoms with E-state index in [1.807, 2.05) is 70.2 Å². The summed E-state index contributed by atoms with van der Waals surface area (Å²) in [6.45, 7) is 8.31. The van der Waals surface area contributed by atoms with E-state index in [9.17, 15) is 9.59 Å². The van der Waals surface area contributed by atoms with Crippen molar-refractivity contribution in [3.05, 3.63) is 53.6 Å². The molecule has 0 aliphatic rings. The highest BCUT2D eigenvalue weighted by atomic mass is 16.5. The average Bonchev–Trinajstić information content (AvgIpc) is 2.67. The van der Waals surface area contributed by atoms with Crippen LogP contribution in [-0.2, 0) is 16.1 Å². The van der Waals surface area contributed by atoms with Gasteiger partial charge in [0, 0.05) is 24.3 Å². The zero-order valence-electron chi connectivity index (χ0n) is 17.0. The van der Waals surface area contributed by atoms with Gasteiger partial charge in [-0.05, 0) is 56.2 Å². The molecule has 0 aromatic heterocycles. The molecule has 2 aromatic carbocycles. The van der Waals surface area contributed by atoms with E-state index >= 15 is 0 Å². The van der Waals surface area contributed by atoms with Gasteiger partial charge in [-0.2, -0.15) is 0 Å². The maximum Gasteiger partial charge on any atom is 0.239 e. The summed E-state index contributed by atoms with van der Waals surface area (Å²) in [5, 5.41) is 8.83. The van der Waals surface area contributed by atoms with Crippen molar-refractivity contribution in [1.82, 2.24) is 5.32 Å². The molecule has 0 radical (unpaired) electrons. The third-order valence-electron chi connectivity index (χ3n) is 4.07. The minimum absolute atomic E-state index is 0.0391. The number of rotatable bonds is 9. The van der Waals surface area contributed by atoms with Gasteiger partial charge in [0.25, 0.3) is 0 Å². The molecule has 3 N–H and O–H groups in total. The summed E-state index contributed by atoms with van der Waals surface area (Å²) in [6.07, 6.45) is 0.554. The molecule has 0 saturated carbocycles. The predicted molar refractivity (Wildman–Crippen MR) is 113 cm³/mol. The fraction of sp³-hybridized carbons (Fsp3) is 0.364. The van der Waals surface area contributed by atoms with E-state index in [1.54, 1.807) is 0 Å². The summed E-state index contributed by atoms with van der Waals surface area (Å²) in [5.41, 5.74) is 3.51. The lowest BCUT2D eigenvalue weighted by atomic mass is 10.1. The Morgan fingerprint density at radius 3 is 2.39 bits per heavy atom. The first-order chi connectivity index (χ1) is 13.4. The lowest BCUT2D eigenvalue weighted by Crippen LogP contribution is -2.29. The molecule has 28 heavy (non-hydrogen) atoms. The normalized spacial score (nSPS) is 10.5. The molecule has 0 aliphatic carbocycles. The molecule has 0 saturated heterocycles. The topological polar surface area (TPSA) is 79.5 Å². The van der Waals surface area contributed by atoms with Crippen LogP contribution in [0.1, 0.15) is 38.3 Å². The van der Waals surface area contributed by atoms with Crippen LogP contribution in [0, 0.1) is 6.92 Å². The molecule has 2 aromatic rings. The highest BCUT2D eigenvalue weighted by molar-refractivity contribution is 5.92. The van der Waals surface area contributed by atoms with Crippen LogP contribution >= 0.6 is 0 Å². The Balaban J connectivity index is 1.82. The lowest BCUT2D eigenvalue weighted by molar-refractivity contribution is -0.119. The third-order valence-corrected chi connectivity index (χ3v) is 4.07. The van der Waals surface area contributed by atoms with Crippen LogP contribution in [0.15, 0.2) is 42.5 Å². The van der Waals surface area contributed by atoms with E-state index in [0.717, 1.165) is 28.3 Å². The Kier molecular flexibility index (Phi) is 7.87. The zero-order valence-corrected chi connectivity index (χ0v) is 17.0. The summed E-state index contributed by atoms with van der Waals surface area (Å²) in [4.78, 5) is 23.7. The predicted octanol–water partition coefficient (Wildman–Crippen LogP) is 3.86. The summed E-state index contributed by atoms with van der Waals surface area (Å²) in [5.74, 6) is 0.669. The van der Waals surface area contributed by atoms with Crippen LogP contribution in [0.25, 0.3) is 0 Å². The Bertz CT molecular complexity index is 801. The minimum Gasteiger partial charge on any atom is -0.491 e. The van der Waals surface area contributed by atoms with Crippen molar-refractivity contribution in [2.24, 2.45) is 0 Å². The third kappa shape index (κ3) is 6.95. The van der Waals surface area contributed by atoms with Gasteiger partial charge >= 0.3 is 0 Å². The number of benzene rings is 2. The van der Waals surface area contributed by atoms with E-state index in [-0.39, 0.29) is 24.5 Å². The molecule has 0 atom stereocenters. The molecule has 0 fully saturated rings. The minimum atomic E-state index is -0.109. The molecular formula is C22H29N3O3. The van der Waals surface area contributed by atoms with E-state index in [4.69, 9.17) is 4.74 Å². The quantitative estimate of drug-likeness (QED) is 0.614. The number of anilines is 2. The number of nitrogens with one attached hydrogen (secondary N) is 3. The molecule has 2 rings (SSSR count). The molecule has 6 heteroatoms. The van der Waals surface area contributed by atoms with Crippen molar-refractivity contribution >= 4 is 23.2 Å². The van der Waals surface area contributed by atoms with Gasteiger partial charge in [0.1, 0.15) is 5.75 Å². The monoisotopic (exact) mass is 383 g/mol. The van der Waals surface area contributed by atoms with E-state index in [0.29, 0.717) is 13.0 Å². The largest absolute Gasteiger partial charge is 0.491 e. The number of carbonyl (C=O) groups excluding carboxylic acids is 2. The maximum absolute atomic E-state index is 12.1. The van der Waals surface area contributed by atoms with Gasteiger partial charge in [0.15, 0.2) is 0 Å². The van der Waals surface area contributed by atoms with Crippen molar-refractivity contribution < 1.29 is 14.3 Å². The van der Waals surface area contributed by atoms with Crippen molar-refractivity contribution in [1.29, 1.82) is 0 Å². The Labute approximate surface area is 166 Å². The van der Waals surface area contributed by atoms with Gasteiger partial charge in [-0.1, -0.05) is 25.1 Å². The summed E-state index contributed by atoms with van der Waals surface area (Å²) in [6, 6.07) is 13.3. The van der Waals surface area contributed by atoms with Crippen molar-refractivity contribution in [3.8, 4) is 5.75 Å². The molecule has 0 aliphatic heterocycles. The zero-order chi connectivity index (χ0) is 20.5. The number of ether oxygens (including phenoxy) is 1. The lowest BCUT2D eigenvalue weighted by Gasteiger charge is -2.12. The van der Waals surface area contributed by atoms with Crippen LogP contribution in [0.3, 0.4) is 0 Å². The second kappa shape index (κ2) is 10.3. The van der Waals surface area contributed by atoms with Gasteiger partial charge in [-0.3, -0.25) is 9.59 Å². The SMILES string of the molecule is CCC(=O)Nc1cc(NCC(=O)NCc2ccc(OC(C)C)cc2)ccc1C. The molecule has 2 amide bonds. The van der Waals surface area contributed by atoms with Crippen LogP contribution in [0.5, 0.6) is 5.75 Å². The van der Waals surface area contributed by atoms with E-state index < -0.39 is 0 Å². The Morgan fingerprint density at radius 2 is 1.75 bits per heavy atom. The molecule has 150 valence electrons. The van der Waals surface area contributed by atoms with E-state index in [2.05, 4.69) is 16.0 Å². The molecule has 6 nitrogen and oxygen atoms in total. The number of hydrogen-bond acceptors (Lipinski definition) is 4. The second-order valence-corrected chi connectivity index (χ2v) is 6.87. The fourth-order valence-corrected chi connectivity index (χ4v) is 2.51. The molecule has 0 bridgehead atoms. The van der Waals surface area contributed by atoms with Crippen LogP contribution < -0.4 is 20.7 Å². The first-order valence-electron chi connectivity index (χ1n) is 9.54. The average molecular weight is 383 g/mol. The van der Waals surface area contributed by atoms with Crippen molar-refractivity contribution in [2.45, 2.75) is 46.8 Å². The van der Waals surface area contributed by atoms with Crippen molar-refractivity contribution in [3.63, 3.8) is 0 Å². The van der Waals surface area contributed by atoms with E-state index in [1.165, 1.54) is 0 Å². The van der Waals surface area contributed by atoms with Gasteiger partial charge in [0.2, 0.25) is 11.8 Å². The Hall–Kier alpha value is -3.02. The maximum atomic E-state index is 12.1. The van der Waals surface area contributed by atoms with Gasteiger partial charge < -0.3 is 20.7 Å².